The minimum Gasteiger partial charge on any atom is -0.451 e. The van der Waals surface area contributed by atoms with Gasteiger partial charge in [-0.05, 0) is 25.1 Å². The van der Waals surface area contributed by atoms with Crippen LogP contribution in [0.5, 0.6) is 5.75 Å². The summed E-state index contributed by atoms with van der Waals surface area (Å²) >= 11 is 0. The lowest BCUT2D eigenvalue weighted by Crippen LogP contribution is -2.14. The fraction of sp³-hybridized carbons (Fsp3) is 0.118. The van der Waals surface area contributed by atoms with Crippen LogP contribution in [0.4, 0.5) is 14.5 Å². The van der Waals surface area contributed by atoms with Crippen LogP contribution in [0.1, 0.15) is 16.1 Å². The highest BCUT2D eigenvalue weighted by atomic mass is 19.3. The maximum absolute atomic E-state index is 12.4. The number of para-hydroxylation sites is 3. The fourth-order valence-electron chi connectivity index (χ4n) is 2.34. The average Bonchev–Trinajstić information content (AvgIpc) is 2.86. The van der Waals surface area contributed by atoms with E-state index in [-0.39, 0.29) is 17.2 Å². The number of furan rings is 1. The first-order valence-electron chi connectivity index (χ1n) is 6.89. The lowest BCUT2D eigenvalue weighted by molar-refractivity contribution is -0.0493. The Hall–Kier alpha value is -2.89. The third kappa shape index (κ3) is 3.01. The molecule has 0 aliphatic heterocycles. The van der Waals surface area contributed by atoms with Gasteiger partial charge in [0.05, 0.1) is 5.69 Å². The summed E-state index contributed by atoms with van der Waals surface area (Å²) in [5, 5.41) is 3.37. The lowest BCUT2D eigenvalue weighted by Gasteiger charge is -2.11. The van der Waals surface area contributed by atoms with Crippen molar-refractivity contribution in [1.29, 1.82) is 0 Å². The Kier molecular flexibility index (Phi) is 3.97. The molecule has 2 aromatic carbocycles. The van der Waals surface area contributed by atoms with Crippen molar-refractivity contribution in [3.63, 3.8) is 0 Å². The zero-order chi connectivity index (χ0) is 16.4. The van der Waals surface area contributed by atoms with Gasteiger partial charge in [0.1, 0.15) is 11.3 Å². The van der Waals surface area contributed by atoms with Crippen molar-refractivity contribution < 1.29 is 22.7 Å². The van der Waals surface area contributed by atoms with Crippen molar-refractivity contribution in [1.82, 2.24) is 0 Å². The van der Waals surface area contributed by atoms with Gasteiger partial charge in [-0.15, -0.1) is 0 Å². The number of carbonyl (C=O) groups is 1. The molecular formula is C17H13F2NO3. The van der Waals surface area contributed by atoms with Crippen molar-refractivity contribution in [3.05, 3.63) is 59.9 Å². The van der Waals surface area contributed by atoms with Crippen LogP contribution in [0.2, 0.25) is 0 Å². The van der Waals surface area contributed by atoms with E-state index in [0.717, 1.165) is 5.39 Å². The van der Waals surface area contributed by atoms with Gasteiger partial charge in [0.15, 0.2) is 5.76 Å². The topological polar surface area (TPSA) is 51.5 Å². The van der Waals surface area contributed by atoms with E-state index >= 15 is 0 Å². The van der Waals surface area contributed by atoms with E-state index in [0.29, 0.717) is 11.1 Å². The molecule has 1 N–H and O–H groups in total. The monoisotopic (exact) mass is 317 g/mol. The van der Waals surface area contributed by atoms with Gasteiger partial charge in [-0.2, -0.15) is 8.78 Å². The van der Waals surface area contributed by atoms with E-state index < -0.39 is 12.5 Å². The molecule has 0 saturated carbocycles. The maximum Gasteiger partial charge on any atom is 0.387 e. The molecule has 1 aromatic heterocycles. The summed E-state index contributed by atoms with van der Waals surface area (Å²) in [5.41, 5.74) is 1.43. The van der Waals surface area contributed by atoms with Crippen molar-refractivity contribution in [3.8, 4) is 5.75 Å². The quantitative estimate of drug-likeness (QED) is 0.765. The number of aryl methyl sites for hydroxylation is 1. The average molecular weight is 317 g/mol. The van der Waals surface area contributed by atoms with Gasteiger partial charge in [0, 0.05) is 10.9 Å². The number of benzene rings is 2. The summed E-state index contributed by atoms with van der Waals surface area (Å²) < 4.78 is 34.8. The molecule has 118 valence electrons. The third-order valence-corrected chi connectivity index (χ3v) is 3.40. The largest absolute Gasteiger partial charge is 0.451 e. The van der Waals surface area contributed by atoms with Crippen LogP contribution in [0.3, 0.4) is 0 Å². The maximum atomic E-state index is 12.4. The van der Waals surface area contributed by atoms with Crippen LogP contribution < -0.4 is 10.1 Å². The summed E-state index contributed by atoms with van der Waals surface area (Å²) in [4.78, 5) is 12.4. The SMILES string of the molecule is Cc1c(C(=O)Nc2ccccc2OC(F)F)oc2ccccc12. The predicted molar refractivity (Wildman–Crippen MR) is 82.0 cm³/mol. The molecule has 0 unspecified atom stereocenters. The van der Waals surface area contributed by atoms with E-state index in [2.05, 4.69) is 10.1 Å². The second kappa shape index (κ2) is 6.08. The Morgan fingerprint density at radius 2 is 1.83 bits per heavy atom. The molecule has 0 bridgehead atoms. The molecule has 0 aliphatic carbocycles. The van der Waals surface area contributed by atoms with Crippen LogP contribution in [-0.4, -0.2) is 12.5 Å². The number of rotatable bonds is 4. The Labute approximate surface area is 130 Å². The van der Waals surface area contributed by atoms with E-state index in [9.17, 15) is 13.6 Å². The number of fused-ring (bicyclic) bond motifs is 1. The first-order chi connectivity index (χ1) is 11.1. The minimum absolute atomic E-state index is 0.107. The normalized spacial score (nSPS) is 11.0. The number of halogens is 2. The van der Waals surface area contributed by atoms with Gasteiger partial charge in [-0.3, -0.25) is 4.79 Å². The Balaban J connectivity index is 1.91. The van der Waals surface area contributed by atoms with Crippen LogP contribution >= 0.6 is 0 Å². The molecule has 4 nitrogen and oxygen atoms in total. The third-order valence-electron chi connectivity index (χ3n) is 3.40. The molecule has 0 saturated heterocycles. The van der Waals surface area contributed by atoms with Gasteiger partial charge < -0.3 is 14.5 Å². The number of anilines is 1. The molecule has 0 aliphatic rings. The summed E-state index contributed by atoms with van der Waals surface area (Å²) in [6.45, 7) is -1.21. The first kappa shape index (κ1) is 15.0. The van der Waals surface area contributed by atoms with Crippen LogP contribution in [0.25, 0.3) is 11.0 Å². The molecule has 3 aromatic rings. The highest BCUT2D eigenvalue weighted by molar-refractivity contribution is 6.07. The molecule has 1 heterocycles. The first-order valence-corrected chi connectivity index (χ1v) is 6.89. The van der Waals surface area contributed by atoms with Crippen molar-refractivity contribution in [2.75, 3.05) is 5.32 Å². The number of hydrogen-bond donors (Lipinski definition) is 1. The number of alkyl halides is 2. The second-order valence-electron chi connectivity index (χ2n) is 4.88. The van der Waals surface area contributed by atoms with Crippen molar-refractivity contribution in [2.45, 2.75) is 13.5 Å². The number of carbonyl (C=O) groups excluding carboxylic acids is 1. The summed E-state index contributed by atoms with van der Waals surface area (Å²) in [6.07, 6.45) is 0. The summed E-state index contributed by atoms with van der Waals surface area (Å²) in [5.74, 6) is -0.494. The van der Waals surface area contributed by atoms with E-state index in [1.165, 1.54) is 12.1 Å². The zero-order valence-electron chi connectivity index (χ0n) is 12.2. The zero-order valence-corrected chi connectivity index (χ0v) is 12.2. The molecule has 23 heavy (non-hydrogen) atoms. The highest BCUT2D eigenvalue weighted by Gasteiger charge is 2.19. The molecular weight excluding hydrogens is 304 g/mol. The van der Waals surface area contributed by atoms with Gasteiger partial charge in [0.25, 0.3) is 5.91 Å². The smallest absolute Gasteiger partial charge is 0.387 e. The van der Waals surface area contributed by atoms with Crippen molar-refractivity contribution in [2.24, 2.45) is 0 Å². The lowest BCUT2D eigenvalue weighted by atomic mass is 10.1. The van der Waals surface area contributed by atoms with Gasteiger partial charge in [-0.25, -0.2) is 0 Å². The Bertz CT molecular complexity index is 858. The minimum atomic E-state index is -2.97. The van der Waals surface area contributed by atoms with Crippen molar-refractivity contribution >= 4 is 22.6 Å². The summed E-state index contributed by atoms with van der Waals surface area (Å²) in [6, 6.07) is 13.2. The fourth-order valence-corrected chi connectivity index (χ4v) is 2.34. The number of nitrogens with one attached hydrogen (secondary N) is 1. The van der Waals surface area contributed by atoms with E-state index in [1.807, 2.05) is 12.1 Å². The van der Waals surface area contributed by atoms with Crippen LogP contribution in [0.15, 0.2) is 52.9 Å². The molecule has 0 radical (unpaired) electrons. The molecule has 6 heteroatoms. The van der Waals surface area contributed by atoms with Gasteiger partial charge >= 0.3 is 6.61 Å². The molecule has 0 atom stereocenters. The highest BCUT2D eigenvalue weighted by Crippen LogP contribution is 2.29. The molecule has 0 fully saturated rings. The number of hydrogen-bond acceptors (Lipinski definition) is 3. The number of ether oxygens (including phenoxy) is 1. The Morgan fingerprint density at radius 1 is 1.13 bits per heavy atom. The summed E-state index contributed by atoms with van der Waals surface area (Å²) in [7, 11) is 0. The Morgan fingerprint density at radius 3 is 2.57 bits per heavy atom. The molecule has 0 spiro atoms. The predicted octanol–water partition coefficient (Wildman–Crippen LogP) is 4.59. The van der Waals surface area contributed by atoms with E-state index in [1.54, 1.807) is 31.2 Å². The second-order valence-corrected chi connectivity index (χ2v) is 4.88. The standard InChI is InChI=1S/C17H13F2NO3/c1-10-11-6-2-4-8-13(11)22-15(10)16(21)20-12-7-3-5-9-14(12)23-17(18)19/h2-9,17H,1H3,(H,20,21). The molecule has 3 rings (SSSR count). The van der Waals surface area contributed by atoms with Gasteiger partial charge in [0.2, 0.25) is 0 Å². The van der Waals surface area contributed by atoms with Crippen LogP contribution in [-0.2, 0) is 0 Å². The number of amides is 1. The van der Waals surface area contributed by atoms with E-state index in [4.69, 9.17) is 4.42 Å². The van der Waals surface area contributed by atoms with Crippen LogP contribution in [0, 0.1) is 6.92 Å². The van der Waals surface area contributed by atoms with Gasteiger partial charge in [-0.1, -0.05) is 30.3 Å². The molecule has 1 amide bonds.